The highest BCUT2D eigenvalue weighted by molar-refractivity contribution is 5.47. The van der Waals surface area contributed by atoms with Crippen LogP contribution in [0.1, 0.15) is 17.5 Å². The van der Waals surface area contributed by atoms with Crippen LogP contribution in [0.15, 0.2) is 49.2 Å². The number of aryl methyl sites for hydroxylation is 1. The number of nitrogens with zero attached hydrogens (tertiary/aromatic N) is 1. The van der Waals surface area contributed by atoms with E-state index in [4.69, 9.17) is 0 Å². The van der Waals surface area contributed by atoms with Crippen molar-refractivity contribution < 1.29 is 0 Å². The SMILES string of the molecule is C=C/C=C\C=C/CC#Cc1cnc(NC)c(C)c1. The first-order valence-electron chi connectivity index (χ1n) is 5.85. The zero-order valence-electron chi connectivity index (χ0n) is 10.9. The quantitative estimate of drug-likeness (QED) is 0.641. The molecular weight excluding hydrogens is 220 g/mol. The first kappa shape index (κ1) is 13.8. The first-order valence-corrected chi connectivity index (χ1v) is 5.85. The molecule has 1 N–H and O–H groups in total. The maximum Gasteiger partial charge on any atom is 0.128 e. The second-order valence-electron chi connectivity index (χ2n) is 3.69. The molecule has 1 rings (SSSR count). The maximum atomic E-state index is 4.28. The number of hydrogen-bond acceptors (Lipinski definition) is 2. The molecule has 2 heteroatoms. The van der Waals surface area contributed by atoms with E-state index in [-0.39, 0.29) is 0 Å². The topological polar surface area (TPSA) is 24.9 Å². The summed E-state index contributed by atoms with van der Waals surface area (Å²) in [5.74, 6) is 7.08. The van der Waals surface area contributed by atoms with Gasteiger partial charge in [0, 0.05) is 25.2 Å². The Balaban J connectivity index is 2.58. The van der Waals surface area contributed by atoms with Gasteiger partial charge in [0.25, 0.3) is 0 Å². The summed E-state index contributed by atoms with van der Waals surface area (Å²) in [6.45, 7) is 5.61. The van der Waals surface area contributed by atoms with Crippen molar-refractivity contribution in [1.82, 2.24) is 4.98 Å². The van der Waals surface area contributed by atoms with Crippen molar-refractivity contribution >= 4 is 5.82 Å². The lowest BCUT2D eigenvalue weighted by molar-refractivity contribution is 1.23. The average molecular weight is 238 g/mol. The fourth-order valence-corrected chi connectivity index (χ4v) is 1.41. The van der Waals surface area contributed by atoms with Crippen LogP contribution in [-0.4, -0.2) is 12.0 Å². The summed E-state index contributed by atoms with van der Waals surface area (Å²) in [6.07, 6.45) is 12.0. The molecule has 18 heavy (non-hydrogen) atoms. The minimum atomic E-state index is 0.730. The van der Waals surface area contributed by atoms with Crippen LogP contribution >= 0.6 is 0 Å². The minimum absolute atomic E-state index is 0.730. The standard InChI is InChI=1S/C16H18N2/c1-4-5-6-7-8-9-10-11-15-12-14(2)16(17-3)18-13-15/h4-8,12-13H,1,9H2,2-3H3,(H,17,18)/b6-5-,8-7-. The number of allylic oxidation sites excluding steroid dienone is 5. The van der Waals surface area contributed by atoms with Crippen LogP contribution in [0.5, 0.6) is 0 Å². The molecule has 0 unspecified atom stereocenters. The van der Waals surface area contributed by atoms with Crippen LogP contribution in [0, 0.1) is 18.8 Å². The smallest absolute Gasteiger partial charge is 0.128 e. The molecule has 92 valence electrons. The van der Waals surface area contributed by atoms with Crippen LogP contribution in [0.4, 0.5) is 5.82 Å². The van der Waals surface area contributed by atoms with Crippen LogP contribution in [-0.2, 0) is 0 Å². The lowest BCUT2D eigenvalue weighted by Gasteiger charge is -2.02. The zero-order chi connectivity index (χ0) is 13.2. The minimum Gasteiger partial charge on any atom is -0.373 e. The van der Waals surface area contributed by atoms with E-state index in [1.54, 1.807) is 12.3 Å². The number of rotatable bonds is 4. The Kier molecular flexibility index (Phi) is 6.07. The van der Waals surface area contributed by atoms with Crippen LogP contribution < -0.4 is 5.32 Å². The third kappa shape index (κ3) is 4.71. The summed E-state index contributed by atoms with van der Waals surface area (Å²) in [6, 6.07) is 2.03. The molecule has 0 fully saturated rings. The Labute approximate surface area is 109 Å². The summed E-state index contributed by atoms with van der Waals surface area (Å²) < 4.78 is 0. The third-order valence-corrected chi connectivity index (χ3v) is 2.26. The van der Waals surface area contributed by atoms with Crippen molar-refractivity contribution in [1.29, 1.82) is 0 Å². The second-order valence-corrected chi connectivity index (χ2v) is 3.69. The van der Waals surface area contributed by atoms with Gasteiger partial charge in [-0.05, 0) is 18.6 Å². The van der Waals surface area contributed by atoms with Gasteiger partial charge in [-0.1, -0.05) is 48.8 Å². The Bertz CT molecular complexity index is 514. The normalized spacial score (nSPS) is 10.3. The molecule has 1 aromatic heterocycles. The molecule has 0 saturated carbocycles. The molecule has 1 heterocycles. The molecular formula is C16H18N2. The maximum absolute atomic E-state index is 4.28. The summed E-state index contributed by atoms with van der Waals surface area (Å²) in [4.78, 5) is 4.28. The molecule has 0 spiro atoms. The lowest BCUT2D eigenvalue weighted by Crippen LogP contribution is -1.95. The number of pyridine rings is 1. The summed E-state index contributed by atoms with van der Waals surface area (Å²) in [5, 5.41) is 3.03. The number of nitrogens with one attached hydrogen (secondary N) is 1. The summed E-state index contributed by atoms with van der Waals surface area (Å²) in [7, 11) is 1.86. The van der Waals surface area contributed by atoms with Crippen LogP contribution in [0.3, 0.4) is 0 Å². The molecule has 0 aliphatic rings. The van der Waals surface area contributed by atoms with E-state index in [2.05, 4.69) is 28.7 Å². The Morgan fingerprint density at radius 1 is 1.39 bits per heavy atom. The molecule has 0 bridgehead atoms. The summed E-state index contributed by atoms with van der Waals surface area (Å²) >= 11 is 0. The third-order valence-electron chi connectivity index (χ3n) is 2.26. The molecule has 0 saturated heterocycles. The molecule has 0 amide bonds. The summed E-state index contributed by atoms with van der Waals surface area (Å²) in [5.41, 5.74) is 2.05. The van der Waals surface area contributed by atoms with Gasteiger partial charge in [0.1, 0.15) is 5.82 Å². The van der Waals surface area contributed by atoms with E-state index in [0.717, 1.165) is 23.4 Å². The Hall–Kier alpha value is -2.27. The highest BCUT2D eigenvalue weighted by Crippen LogP contribution is 2.10. The van der Waals surface area contributed by atoms with Gasteiger partial charge in [0.05, 0.1) is 0 Å². The fourth-order valence-electron chi connectivity index (χ4n) is 1.41. The molecule has 2 nitrogen and oxygen atoms in total. The lowest BCUT2D eigenvalue weighted by atomic mass is 10.2. The monoisotopic (exact) mass is 238 g/mol. The van der Waals surface area contributed by atoms with Crippen molar-refractivity contribution in [2.45, 2.75) is 13.3 Å². The van der Waals surface area contributed by atoms with Gasteiger partial charge in [-0.15, -0.1) is 0 Å². The van der Waals surface area contributed by atoms with Gasteiger partial charge in [-0.2, -0.15) is 0 Å². The van der Waals surface area contributed by atoms with Gasteiger partial charge in [-0.25, -0.2) is 4.98 Å². The zero-order valence-corrected chi connectivity index (χ0v) is 10.9. The molecule has 0 radical (unpaired) electrons. The van der Waals surface area contributed by atoms with E-state index in [1.807, 2.05) is 44.3 Å². The van der Waals surface area contributed by atoms with Crippen molar-refractivity contribution in [2.24, 2.45) is 0 Å². The molecule has 1 aromatic rings. The molecule has 0 aliphatic carbocycles. The van der Waals surface area contributed by atoms with Crippen molar-refractivity contribution in [3.8, 4) is 11.8 Å². The second kappa shape index (κ2) is 7.92. The van der Waals surface area contributed by atoms with Crippen LogP contribution in [0.2, 0.25) is 0 Å². The van der Waals surface area contributed by atoms with Gasteiger partial charge in [-0.3, -0.25) is 0 Å². The van der Waals surface area contributed by atoms with Gasteiger partial charge in [0.2, 0.25) is 0 Å². The molecule has 0 aliphatic heterocycles. The van der Waals surface area contributed by atoms with E-state index in [0.29, 0.717) is 0 Å². The predicted octanol–water partition coefficient (Wildman–Crippen LogP) is 3.47. The average Bonchev–Trinajstić information content (AvgIpc) is 2.38. The van der Waals surface area contributed by atoms with E-state index in [1.165, 1.54) is 0 Å². The number of anilines is 1. The van der Waals surface area contributed by atoms with Crippen LogP contribution in [0.25, 0.3) is 0 Å². The van der Waals surface area contributed by atoms with E-state index < -0.39 is 0 Å². The van der Waals surface area contributed by atoms with E-state index >= 15 is 0 Å². The van der Waals surface area contributed by atoms with Gasteiger partial charge >= 0.3 is 0 Å². The van der Waals surface area contributed by atoms with Gasteiger partial charge < -0.3 is 5.32 Å². The Morgan fingerprint density at radius 3 is 2.89 bits per heavy atom. The van der Waals surface area contributed by atoms with Crippen molar-refractivity contribution in [3.05, 3.63) is 60.3 Å². The van der Waals surface area contributed by atoms with Crippen molar-refractivity contribution in [2.75, 3.05) is 12.4 Å². The fraction of sp³-hybridized carbons (Fsp3) is 0.188. The first-order chi connectivity index (χ1) is 8.77. The van der Waals surface area contributed by atoms with Gasteiger partial charge in [0.15, 0.2) is 0 Å². The molecule has 0 atom stereocenters. The molecule has 0 aromatic carbocycles. The number of aromatic nitrogens is 1. The highest BCUT2D eigenvalue weighted by Gasteiger charge is 1.96. The highest BCUT2D eigenvalue weighted by atomic mass is 15.0. The van der Waals surface area contributed by atoms with E-state index in [9.17, 15) is 0 Å². The largest absolute Gasteiger partial charge is 0.373 e. The Morgan fingerprint density at radius 2 is 2.22 bits per heavy atom. The van der Waals surface area contributed by atoms with Crippen molar-refractivity contribution in [3.63, 3.8) is 0 Å². The predicted molar refractivity (Wildman–Crippen MR) is 78.5 cm³/mol. The number of hydrogen-bond donors (Lipinski definition) is 1.